The van der Waals surface area contributed by atoms with Crippen molar-refractivity contribution in [2.45, 2.75) is 18.2 Å². The topological polar surface area (TPSA) is 114 Å². The fourth-order valence-corrected chi connectivity index (χ4v) is 5.87. The number of amidine groups is 1. The molecule has 0 bridgehead atoms. The smallest absolute Gasteiger partial charge is 0.264 e. The predicted octanol–water partition coefficient (Wildman–Crippen LogP) is 4.72. The number of hydrogen-bond acceptors (Lipinski definition) is 7. The SMILES string of the molecule is COc1ccc2cc(C=C3SC(=Nc4ccc(CC(=O)NS(=O)(=O)c5ccc(C)cc5)cc4)NC3=O)ccc2c1.[Na]. The van der Waals surface area contributed by atoms with Crippen LogP contribution in [0.5, 0.6) is 5.75 Å². The second kappa shape index (κ2) is 13.1. The summed E-state index contributed by atoms with van der Waals surface area (Å²) in [5.41, 5.74) is 3.02. The monoisotopic (exact) mass is 594 g/mol. The standard InChI is InChI=1S/C30H25N3O5S2.Na/c1-19-3-13-26(14-4-19)40(36,37)33-28(34)17-20-6-10-24(11-7-20)31-30-32-29(35)27(39-30)16-21-5-8-23-18-25(38-2)12-9-22(23)15-21;/h3-16,18H,17H2,1-2H3,(H,33,34)(H,31,32,35);. The zero-order valence-corrected chi connectivity index (χ0v) is 26.3. The van der Waals surface area contributed by atoms with Gasteiger partial charge in [0.2, 0.25) is 5.91 Å². The number of hydrogen-bond donors (Lipinski definition) is 2. The molecule has 0 atom stereocenters. The zero-order chi connectivity index (χ0) is 28.3. The predicted molar refractivity (Wildman–Crippen MR) is 164 cm³/mol. The van der Waals surface area contributed by atoms with E-state index in [0.29, 0.717) is 21.3 Å². The molecule has 1 radical (unpaired) electrons. The maximum Gasteiger partial charge on any atom is 0.264 e. The first-order valence-corrected chi connectivity index (χ1v) is 14.6. The summed E-state index contributed by atoms with van der Waals surface area (Å²) < 4.78 is 32.3. The van der Waals surface area contributed by atoms with Gasteiger partial charge in [0.15, 0.2) is 5.17 Å². The second-order valence-electron chi connectivity index (χ2n) is 9.14. The molecule has 2 N–H and O–H groups in total. The maximum atomic E-state index is 12.5. The third-order valence-corrected chi connectivity index (χ3v) is 8.43. The van der Waals surface area contributed by atoms with Gasteiger partial charge in [-0.25, -0.2) is 18.1 Å². The molecule has 1 fully saturated rings. The number of aliphatic imine (C=N–C) groups is 1. The van der Waals surface area contributed by atoms with E-state index in [0.717, 1.165) is 27.6 Å². The number of nitrogens with one attached hydrogen (secondary N) is 2. The van der Waals surface area contributed by atoms with E-state index in [4.69, 9.17) is 4.74 Å². The number of thioether (sulfide) groups is 1. The van der Waals surface area contributed by atoms with Crippen molar-refractivity contribution in [2.24, 2.45) is 4.99 Å². The minimum absolute atomic E-state index is 0. The van der Waals surface area contributed by atoms with E-state index in [-0.39, 0.29) is 46.8 Å². The summed E-state index contributed by atoms with van der Waals surface area (Å²) in [6.07, 6.45) is 1.71. The van der Waals surface area contributed by atoms with Gasteiger partial charge in [-0.2, -0.15) is 0 Å². The molecule has 0 saturated carbocycles. The summed E-state index contributed by atoms with van der Waals surface area (Å²) in [6, 6.07) is 24.8. The molecular formula is C30H25N3NaO5S2. The molecule has 11 heteroatoms. The van der Waals surface area contributed by atoms with Gasteiger partial charge in [-0.15, -0.1) is 0 Å². The van der Waals surface area contributed by atoms with E-state index in [1.807, 2.05) is 49.4 Å². The quantitative estimate of drug-likeness (QED) is 0.237. The van der Waals surface area contributed by atoms with Gasteiger partial charge in [-0.1, -0.05) is 48.0 Å². The van der Waals surface area contributed by atoms with Crippen LogP contribution in [0.3, 0.4) is 0 Å². The van der Waals surface area contributed by atoms with Crippen molar-refractivity contribution < 1.29 is 22.7 Å². The van der Waals surface area contributed by atoms with Crippen molar-refractivity contribution in [3.8, 4) is 5.75 Å². The minimum Gasteiger partial charge on any atom is -0.497 e. The Balaban J connectivity index is 0.00000387. The Labute approximate surface area is 264 Å². The Morgan fingerprint density at radius 3 is 2.37 bits per heavy atom. The van der Waals surface area contributed by atoms with E-state index in [1.165, 1.54) is 23.9 Å². The fourth-order valence-electron chi connectivity index (χ4n) is 4.04. The van der Waals surface area contributed by atoms with Gasteiger partial charge in [-0.05, 0) is 89.1 Å². The van der Waals surface area contributed by atoms with Gasteiger partial charge < -0.3 is 10.1 Å². The van der Waals surface area contributed by atoms with Crippen molar-refractivity contribution in [3.05, 3.63) is 107 Å². The fraction of sp³-hybridized carbons (Fsp3) is 0.100. The second-order valence-corrected chi connectivity index (χ2v) is 11.9. The van der Waals surface area contributed by atoms with E-state index in [2.05, 4.69) is 15.0 Å². The molecule has 0 unspecified atom stereocenters. The summed E-state index contributed by atoms with van der Waals surface area (Å²) in [5.74, 6) is -0.0879. The van der Waals surface area contributed by atoms with E-state index < -0.39 is 15.9 Å². The maximum absolute atomic E-state index is 12.5. The van der Waals surface area contributed by atoms with Crippen LogP contribution in [0.1, 0.15) is 16.7 Å². The molecule has 203 valence electrons. The van der Waals surface area contributed by atoms with E-state index >= 15 is 0 Å². The summed E-state index contributed by atoms with van der Waals surface area (Å²) in [7, 11) is -2.31. The Bertz CT molecular complexity index is 1790. The summed E-state index contributed by atoms with van der Waals surface area (Å²) >= 11 is 1.24. The average molecular weight is 595 g/mol. The number of methoxy groups -OCH3 is 1. The first kappa shape index (κ1) is 30.5. The number of carbonyl (C=O) groups is 2. The molecule has 1 aliphatic heterocycles. The van der Waals surface area contributed by atoms with Crippen LogP contribution < -0.4 is 14.8 Å². The number of carbonyl (C=O) groups excluding carboxylic acids is 2. The Morgan fingerprint density at radius 1 is 0.976 bits per heavy atom. The Morgan fingerprint density at radius 2 is 1.66 bits per heavy atom. The number of fused-ring (bicyclic) bond motifs is 1. The van der Waals surface area contributed by atoms with Gasteiger partial charge in [0.05, 0.1) is 29.0 Å². The Kier molecular flexibility index (Phi) is 9.72. The van der Waals surface area contributed by atoms with Crippen LogP contribution in [0.4, 0.5) is 5.69 Å². The first-order chi connectivity index (χ1) is 19.2. The van der Waals surface area contributed by atoms with Crippen LogP contribution in [-0.4, -0.2) is 62.1 Å². The van der Waals surface area contributed by atoms with Gasteiger partial charge in [0.25, 0.3) is 15.9 Å². The van der Waals surface area contributed by atoms with E-state index in [9.17, 15) is 18.0 Å². The third-order valence-electron chi connectivity index (χ3n) is 6.13. The summed E-state index contributed by atoms with van der Waals surface area (Å²) in [4.78, 5) is 30.0. The average Bonchev–Trinajstić information content (AvgIpc) is 3.27. The molecule has 8 nitrogen and oxygen atoms in total. The largest absolute Gasteiger partial charge is 0.497 e. The number of nitrogens with zero attached hydrogens (tertiary/aromatic N) is 1. The molecule has 5 rings (SSSR count). The van der Waals surface area contributed by atoms with Gasteiger partial charge in [0.1, 0.15) is 5.75 Å². The van der Waals surface area contributed by atoms with Gasteiger partial charge in [-0.3, -0.25) is 9.59 Å². The number of aryl methyl sites for hydroxylation is 1. The van der Waals surface area contributed by atoms with Crippen LogP contribution in [-0.2, 0) is 26.0 Å². The Hall–Kier alpha value is -3.41. The molecular weight excluding hydrogens is 569 g/mol. The number of benzene rings is 4. The van der Waals surface area contributed by atoms with Crippen LogP contribution in [0, 0.1) is 6.92 Å². The zero-order valence-electron chi connectivity index (χ0n) is 22.7. The molecule has 4 aromatic carbocycles. The normalized spacial score (nSPS) is 15.0. The van der Waals surface area contributed by atoms with Crippen LogP contribution in [0.15, 0.2) is 99.7 Å². The molecule has 1 saturated heterocycles. The van der Waals surface area contributed by atoms with E-state index in [1.54, 1.807) is 43.5 Å². The molecule has 1 aliphatic rings. The molecule has 0 aromatic heterocycles. The van der Waals surface area contributed by atoms with Crippen molar-refractivity contribution in [2.75, 3.05) is 7.11 Å². The molecule has 2 amide bonds. The minimum atomic E-state index is -3.94. The van der Waals surface area contributed by atoms with Crippen molar-refractivity contribution in [1.29, 1.82) is 0 Å². The van der Waals surface area contributed by atoms with Crippen LogP contribution >= 0.6 is 11.8 Å². The molecule has 0 aliphatic carbocycles. The summed E-state index contributed by atoms with van der Waals surface area (Å²) in [5, 5.41) is 5.29. The van der Waals surface area contributed by atoms with Crippen molar-refractivity contribution >= 4 is 90.9 Å². The molecule has 41 heavy (non-hydrogen) atoms. The molecule has 1 heterocycles. The molecule has 4 aromatic rings. The molecule has 0 spiro atoms. The van der Waals surface area contributed by atoms with Crippen molar-refractivity contribution in [1.82, 2.24) is 10.0 Å². The van der Waals surface area contributed by atoms with Crippen LogP contribution in [0.25, 0.3) is 16.8 Å². The van der Waals surface area contributed by atoms with Gasteiger partial charge in [0, 0.05) is 29.6 Å². The number of amides is 2. The van der Waals surface area contributed by atoms with Gasteiger partial charge >= 0.3 is 0 Å². The number of rotatable bonds is 7. The number of sulfonamides is 1. The first-order valence-electron chi connectivity index (χ1n) is 12.3. The van der Waals surface area contributed by atoms with Crippen molar-refractivity contribution in [3.63, 3.8) is 0 Å². The summed E-state index contributed by atoms with van der Waals surface area (Å²) in [6.45, 7) is 1.85. The van der Waals surface area contributed by atoms with Crippen LogP contribution in [0.2, 0.25) is 0 Å². The number of ether oxygens (including phenoxy) is 1. The third kappa shape index (κ3) is 7.66.